The molecular formula is C10H18N4O2. The number of H-pyrrole nitrogens is 1. The first kappa shape index (κ1) is 12.6. The lowest BCUT2D eigenvalue weighted by atomic mass is 10.2. The Kier molecular flexibility index (Phi) is 4.91. The average Bonchev–Trinajstić information content (AvgIpc) is 2.74. The number of nitrogens with one attached hydrogen (secondary N) is 2. The van der Waals surface area contributed by atoms with Crippen molar-refractivity contribution >= 4 is 5.91 Å². The third-order valence-electron chi connectivity index (χ3n) is 2.27. The zero-order chi connectivity index (χ0) is 12.0. The zero-order valence-corrected chi connectivity index (χ0v) is 9.66. The Balaban J connectivity index is 2.58. The van der Waals surface area contributed by atoms with Crippen LogP contribution in [0.25, 0.3) is 0 Å². The third-order valence-corrected chi connectivity index (χ3v) is 2.27. The van der Waals surface area contributed by atoms with E-state index in [1.807, 2.05) is 13.8 Å². The molecule has 1 aromatic rings. The molecule has 1 amide bonds. The summed E-state index contributed by atoms with van der Waals surface area (Å²) in [6, 6.07) is -0.236. The van der Waals surface area contributed by atoms with Gasteiger partial charge in [-0.3, -0.25) is 9.89 Å². The van der Waals surface area contributed by atoms with Gasteiger partial charge >= 0.3 is 0 Å². The quantitative estimate of drug-likeness (QED) is 0.648. The lowest BCUT2D eigenvalue weighted by Crippen LogP contribution is -2.37. The highest BCUT2D eigenvalue weighted by atomic mass is 16.3. The van der Waals surface area contributed by atoms with Gasteiger partial charge in [-0.25, -0.2) is 4.98 Å². The standard InChI is InChI=1S/C10H18N4O2/c1-3-5-8-12-9(14-13-8)10(16)11-7(4-2)6-15/h7,15H,3-6H2,1-2H3,(H,11,16)(H,12,13,14). The molecule has 1 rings (SSSR count). The van der Waals surface area contributed by atoms with Gasteiger partial charge in [0.15, 0.2) is 0 Å². The van der Waals surface area contributed by atoms with E-state index in [2.05, 4.69) is 20.5 Å². The van der Waals surface area contributed by atoms with Crippen LogP contribution in [0.5, 0.6) is 0 Å². The van der Waals surface area contributed by atoms with Crippen molar-refractivity contribution < 1.29 is 9.90 Å². The second-order valence-electron chi connectivity index (χ2n) is 3.62. The van der Waals surface area contributed by atoms with E-state index in [4.69, 9.17) is 5.11 Å². The number of carbonyl (C=O) groups excluding carboxylic acids is 1. The van der Waals surface area contributed by atoms with Crippen LogP contribution >= 0.6 is 0 Å². The van der Waals surface area contributed by atoms with Gasteiger partial charge in [-0.05, 0) is 12.8 Å². The molecule has 0 aromatic carbocycles. The summed E-state index contributed by atoms with van der Waals surface area (Å²) >= 11 is 0. The van der Waals surface area contributed by atoms with E-state index in [1.54, 1.807) is 0 Å². The average molecular weight is 226 g/mol. The van der Waals surface area contributed by atoms with Crippen LogP contribution in [-0.4, -0.2) is 38.8 Å². The minimum atomic E-state index is -0.348. The molecule has 6 nitrogen and oxygen atoms in total. The molecule has 0 fully saturated rings. The van der Waals surface area contributed by atoms with E-state index >= 15 is 0 Å². The van der Waals surface area contributed by atoms with Gasteiger partial charge in [0, 0.05) is 6.42 Å². The van der Waals surface area contributed by atoms with Crippen LogP contribution in [0.15, 0.2) is 0 Å². The summed E-state index contributed by atoms with van der Waals surface area (Å²) in [6.07, 6.45) is 2.40. The van der Waals surface area contributed by atoms with Gasteiger partial charge in [-0.15, -0.1) is 5.10 Å². The Morgan fingerprint density at radius 1 is 1.56 bits per heavy atom. The molecule has 0 saturated heterocycles. The number of aromatic nitrogens is 3. The fourth-order valence-electron chi connectivity index (χ4n) is 1.27. The van der Waals surface area contributed by atoms with E-state index < -0.39 is 0 Å². The van der Waals surface area contributed by atoms with Crippen molar-refractivity contribution in [3.63, 3.8) is 0 Å². The van der Waals surface area contributed by atoms with Crippen molar-refractivity contribution in [3.05, 3.63) is 11.6 Å². The molecule has 0 bridgehead atoms. The van der Waals surface area contributed by atoms with Crippen LogP contribution < -0.4 is 5.32 Å². The second-order valence-corrected chi connectivity index (χ2v) is 3.62. The van der Waals surface area contributed by atoms with Gasteiger partial charge in [-0.1, -0.05) is 13.8 Å². The SMILES string of the molecule is CCCc1nc(C(=O)NC(CC)CO)n[nH]1. The molecule has 0 aliphatic carbocycles. The van der Waals surface area contributed by atoms with Crippen molar-refractivity contribution in [3.8, 4) is 0 Å². The maximum absolute atomic E-state index is 11.6. The van der Waals surface area contributed by atoms with Crippen LogP contribution in [0, 0.1) is 0 Å². The predicted octanol–water partition coefficient (Wildman–Crippen LogP) is 0.258. The van der Waals surface area contributed by atoms with Crippen molar-refractivity contribution in [2.45, 2.75) is 39.2 Å². The van der Waals surface area contributed by atoms with Crippen LogP contribution in [0.3, 0.4) is 0 Å². The largest absolute Gasteiger partial charge is 0.394 e. The van der Waals surface area contributed by atoms with Crippen molar-refractivity contribution in [2.75, 3.05) is 6.61 Å². The summed E-state index contributed by atoms with van der Waals surface area (Å²) in [5.74, 6) is 0.500. The lowest BCUT2D eigenvalue weighted by molar-refractivity contribution is 0.0904. The minimum Gasteiger partial charge on any atom is -0.394 e. The number of rotatable bonds is 6. The molecule has 16 heavy (non-hydrogen) atoms. The Morgan fingerprint density at radius 2 is 2.31 bits per heavy atom. The summed E-state index contributed by atoms with van der Waals surface area (Å²) in [7, 11) is 0. The molecule has 1 unspecified atom stereocenters. The number of aryl methyl sites for hydroxylation is 1. The third kappa shape index (κ3) is 3.30. The first-order valence-electron chi connectivity index (χ1n) is 5.54. The van der Waals surface area contributed by atoms with E-state index in [-0.39, 0.29) is 24.4 Å². The van der Waals surface area contributed by atoms with Crippen LogP contribution in [0.2, 0.25) is 0 Å². The Labute approximate surface area is 94.5 Å². The molecule has 0 aliphatic heterocycles. The summed E-state index contributed by atoms with van der Waals surface area (Å²) in [6.45, 7) is 3.84. The van der Waals surface area contributed by atoms with Crippen LogP contribution in [0.4, 0.5) is 0 Å². The van der Waals surface area contributed by atoms with E-state index in [1.165, 1.54) is 0 Å². The maximum Gasteiger partial charge on any atom is 0.291 e. The summed E-state index contributed by atoms with van der Waals surface area (Å²) in [4.78, 5) is 15.7. The molecule has 0 spiro atoms. The van der Waals surface area contributed by atoms with Gasteiger partial charge < -0.3 is 10.4 Å². The summed E-state index contributed by atoms with van der Waals surface area (Å²) in [5, 5.41) is 18.1. The first-order valence-corrected chi connectivity index (χ1v) is 5.54. The van der Waals surface area contributed by atoms with Crippen molar-refractivity contribution in [2.24, 2.45) is 0 Å². The topological polar surface area (TPSA) is 90.9 Å². The van der Waals surface area contributed by atoms with E-state index in [9.17, 15) is 4.79 Å². The number of hydrogen-bond donors (Lipinski definition) is 3. The molecule has 6 heteroatoms. The highest BCUT2D eigenvalue weighted by Gasteiger charge is 2.15. The molecule has 3 N–H and O–H groups in total. The molecule has 1 heterocycles. The lowest BCUT2D eigenvalue weighted by Gasteiger charge is -2.11. The van der Waals surface area contributed by atoms with Gasteiger partial charge in [0.2, 0.25) is 5.82 Å². The van der Waals surface area contributed by atoms with Crippen molar-refractivity contribution in [1.29, 1.82) is 0 Å². The Hall–Kier alpha value is -1.43. The van der Waals surface area contributed by atoms with E-state index in [0.717, 1.165) is 12.8 Å². The van der Waals surface area contributed by atoms with Crippen LogP contribution in [-0.2, 0) is 6.42 Å². The summed E-state index contributed by atoms with van der Waals surface area (Å²) < 4.78 is 0. The van der Waals surface area contributed by atoms with Gasteiger partial charge in [-0.2, -0.15) is 0 Å². The molecule has 0 aliphatic rings. The molecule has 90 valence electrons. The molecule has 1 atom stereocenters. The number of carbonyl (C=O) groups is 1. The number of aliphatic hydroxyl groups excluding tert-OH is 1. The van der Waals surface area contributed by atoms with E-state index in [0.29, 0.717) is 12.2 Å². The van der Waals surface area contributed by atoms with Crippen LogP contribution in [0.1, 0.15) is 43.1 Å². The highest BCUT2D eigenvalue weighted by molar-refractivity contribution is 5.90. The molecule has 0 saturated carbocycles. The minimum absolute atomic E-state index is 0.0749. The van der Waals surface area contributed by atoms with Crippen molar-refractivity contribution in [1.82, 2.24) is 20.5 Å². The predicted molar refractivity (Wildman–Crippen MR) is 59.0 cm³/mol. The number of aliphatic hydroxyl groups is 1. The zero-order valence-electron chi connectivity index (χ0n) is 9.66. The number of hydrogen-bond acceptors (Lipinski definition) is 4. The molecule has 1 aromatic heterocycles. The molecular weight excluding hydrogens is 208 g/mol. The Morgan fingerprint density at radius 3 is 2.88 bits per heavy atom. The summed E-state index contributed by atoms with van der Waals surface area (Å²) in [5.41, 5.74) is 0. The van der Waals surface area contributed by atoms with Gasteiger partial charge in [0.1, 0.15) is 5.82 Å². The van der Waals surface area contributed by atoms with Gasteiger partial charge in [0.05, 0.1) is 12.6 Å². The normalized spacial score (nSPS) is 12.4. The Bertz CT molecular complexity index is 333. The smallest absolute Gasteiger partial charge is 0.291 e. The number of nitrogens with zero attached hydrogens (tertiary/aromatic N) is 2. The fourth-order valence-corrected chi connectivity index (χ4v) is 1.27. The second kappa shape index (κ2) is 6.22. The molecule has 0 radical (unpaired) electrons. The number of amides is 1. The first-order chi connectivity index (χ1) is 7.71. The fraction of sp³-hybridized carbons (Fsp3) is 0.700. The highest BCUT2D eigenvalue weighted by Crippen LogP contribution is 1.98. The maximum atomic E-state index is 11.6. The number of aromatic amines is 1. The van der Waals surface area contributed by atoms with Gasteiger partial charge in [0.25, 0.3) is 5.91 Å². The monoisotopic (exact) mass is 226 g/mol.